The maximum absolute atomic E-state index is 8.88. The molecule has 0 aliphatic heterocycles. The van der Waals surface area contributed by atoms with E-state index in [0.29, 0.717) is 0 Å². The van der Waals surface area contributed by atoms with E-state index in [1.54, 1.807) is 0 Å². The van der Waals surface area contributed by atoms with Gasteiger partial charge in [0.15, 0.2) is 0 Å². The van der Waals surface area contributed by atoms with E-state index < -0.39 is 7.82 Å². The summed E-state index contributed by atoms with van der Waals surface area (Å²) in [5.41, 5.74) is 0. The first-order valence-corrected chi connectivity index (χ1v) is 2.35. The van der Waals surface area contributed by atoms with E-state index in [0.717, 1.165) is 0 Å². The molecule has 0 aromatic heterocycles. The van der Waals surface area contributed by atoms with E-state index >= 15 is 0 Å². The van der Waals surface area contributed by atoms with E-state index in [9.17, 15) is 0 Å². The minimum atomic E-state index is -4.64. The van der Waals surface area contributed by atoms with Crippen molar-refractivity contribution in [3.05, 3.63) is 24.6 Å². The molecule has 0 saturated carbocycles. The smallest absolute Gasteiger partial charge is 0.693 e. The molecule has 0 aromatic carbocycles. The van der Waals surface area contributed by atoms with E-state index in [1.165, 1.54) is 0 Å². The fourth-order valence-corrected chi connectivity index (χ4v) is 0. The number of hydrogen-bond donors (Lipinski definition) is 3. The predicted octanol–water partition coefficient (Wildman–Crippen LogP) is 1.94. The minimum absolute atomic E-state index is 0. The summed E-state index contributed by atoms with van der Waals surface area (Å²) in [6.07, 6.45) is 0. The van der Waals surface area contributed by atoms with Gasteiger partial charge in [0.2, 0.25) is 0 Å². The number of hydrogen-bond acceptors (Lipinski definition) is 1. The van der Waals surface area contributed by atoms with Crippen molar-refractivity contribution in [1.29, 1.82) is 0 Å². The Labute approximate surface area is 71.7 Å². The first-order valence-electron chi connectivity index (χ1n) is 0.783. The van der Waals surface area contributed by atoms with Crippen molar-refractivity contribution in [1.82, 2.24) is 0 Å². The first-order chi connectivity index (χ1) is 2.00. The SMILES string of the molecule is O=P(O)(O)O.[NH2-].[NH2-].[NH2-].[NH2-].[Ru+4]. The molecule has 0 atom stereocenters. The van der Waals surface area contributed by atoms with Crippen LogP contribution in [-0.2, 0) is 24.0 Å². The van der Waals surface area contributed by atoms with E-state index in [4.69, 9.17) is 19.2 Å². The molecule has 0 rings (SSSR count). The van der Waals surface area contributed by atoms with Crippen LogP contribution in [0.4, 0.5) is 0 Å². The van der Waals surface area contributed by atoms with Crippen molar-refractivity contribution in [2.45, 2.75) is 0 Å². The Morgan fingerprint density at radius 3 is 0.800 bits per heavy atom. The molecule has 0 unspecified atom stereocenters. The molecular weight excluding hydrogens is 252 g/mol. The summed E-state index contributed by atoms with van der Waals surface area (Å²) in [5, 5.41) is 0. The molecule has 68 valence electrons. The van der Waals surface area contributed by atoms with Crippen molar-refractivity contribution < 1.29 is 38.7 Å². The largest absolute Gasteiger partial charge is 4.00 e. The van der Waals surface area contributed by atoms with Crippen LogP contribution >= 0.6 is 7.82 Å². The van der Waals surface area contributed by atoms with Gasteiger partial charge in [-0.1, -0.05) is 0 Å². The van der Waals surface area contributed by atoms with Crippen molar-refractivity contribution in [3.8, 4) is 0 Å². The van der Waals surface area contributed by atoms with Crippen molar-refractivity contribution in [2.24, 2.45) is 0 Å². The van der Waals surface area contributed by atoms with Crippen LogP contribution in [0.15, 0.2) is 0 Å². The van der Waals surface area contributed by atoms with Gasteiger partial charge in [0.25, 0.3) is 0 Å². The molecular formula is H11N4O4PRu. The number of rotatable bonds is 0. The summed E-state index contributed by atoms with van der Waals surface area (Å²) in [6.45, 7) is 0. The van der Waals surface area contributed by atoms with Crippen molar-refractivity contribution in [2.75, 3.05) is 0 Å². The molecule has 8 nitrogen and oxygen atoms in total. The van der Waals surface area contributed by atoms with Gasteiger partial charge in [0, 0.05) is 0 Å². The average Bonchev–Trinajstić information content (AvgIpc) is 0.722. The fraction of sp³-hybridized carbons (Fsp3) is 0. The Kier molecular flexibility index (Phi) is 75.5. The van der Waals surface area contributed by atoms with Crippen molar-refractivity contribution >= 4 is 7.82 Å². The van der Waals surface area contributed by atoms with Crippen LogP contribution in [0.1, 0.15) is 0 Å². The minimum Gasteiger partial charge on any atom is -0.693 e. The molecule has 0 fully saturated rings. The van der Waals surface area contributed by atoms with Gasteiger partial charge < -0.3 is 39.3 Å². The molecule has 0 spiro atoms. The first kappa shape index (κ1) is 46.3. The van der Waals surface area contributed by atoms with E-state index in [2.05, 4.69) is 0 Å². The van der Waals surface area contributed by atoms with Gasteiger partial charge in [-0.25, -0.2) is 4.57 Å². The zero-order chi connectivity index (χ0) is 4.50. The van der Waals surface area contributed by atoms with Gasteiger partial charge in [-0.3, -0.25) is 0 Å². The van der Waals surface area contributed by atoms with Gasteiger partial charge in [-0.2, -0.15) is 0 Å². The summed E-state index contributed by atoms with van der Waals surface area (Å²) >= 11 is 0. The van der Waals surface area contributed by atoms with Crippen LogP contribution in [0.5, 0.6) is 0 Å². The quantitative estimate of drug-likeness (QED) is 0.440. The third kappa shape index (κ3) is 1500. The molecule has 0 bridgehead atoms. The maximum atomic E-state index is 8.88. The Morgan fingerprint density at radius 2 is 0.800 bits per heavy atom. The monoisotopic (exact) mass is 264 g/mol. The molecule has 10 heavy (non-hydrogen) atoms. The van der Waals surface area contributed by atoms with E-state index in [1.807, 2.05) is 0 Å². The molecule has 11 N–H and O–H groups in total. The third-order valence-electron chi connectivity index (χ3n) is 0. The van der Waals surface area contributed by atoms with Crippen LogP contribution in [-0.4, -0.2) is 14.7 Å². The Morgan fingerprint density at radius 1 is 0.800 bits per heavy atom. The molecule has 0 saturated heterocycles. The summed E-state index contributed by atoms with van der Waals surface area (Å²) in [6, 6.07) is 0. The van der Waals surface area contributed by atoms with Crippen LogP contribution < -0.4 is 0 Å². The van der Waals surface area contributed by atoms with Crippen LogP contribution in [0.3, 0.4) is 0 Å². The molecule has 10 heteroatoms. The van der Waals surface area contributed by atoms with E-state index in [-0.39, 0.29) is 44.1 Å². The number of nitrogens with two attached hydrogens (primary N) is 4. The predicted molar refractivity (Wildman–Crippen MR) is 35.4 cm³/mol. The molecule has 0 radical (unpaired) electrons. The number of phosphoric acid groups is 1. The van der Waals surface area contributed by atoms with Gasteiger partial charge in [0.1, 0.15) is 0 Å². The summed E-state index contributed by atoms with van der Waals surface area (Å²) in [7, 11) is -4.64. The standard InChI is InChI=1S/4H2N.H3O4P.Ru/c;;;;1-5(2,3)4;/h4*1H2;(H3,1,2,3,4);/q4*-1;;+4. The summed E-state index contributed by atoms with van der Waals surface area (Å²) in [5.74, 6) is 0. The average molecular weight is 263 g/mol. The van der Waals surface area contributed by atoms with Crippen LogP contribution in [0, 0.1) is 0 Å². The maximum Gasteiger partial charge on any atom is 4.00 e. The Hall–Kier alpha value is 0.573. The normalized spacial score (nSPS) is 5.90. The van der Waals surface area contributed by atoms with Gasteiger partial charge >= 0.3 is 27.3 Å². The van der Waals surface area contributed by atoms with Crippen molar-refractivity contribution in [3.63, 3.8) is 0 Å². The second kappa shape index (κ2) is 16.3. The molecule has 0 amide bonds. The Bertz CT molecular complexity index is 63.4. The third-order valence-corrected chi connectivity index (χ3v) is 0. The van der Waals surface area contributed by atoms with Crippen LogP contribution in [0.2, 0.25) is 0 Å². The topological polar surface area (TPSA) is 212 Å². The van der Waals surface area contributed by atoms with Gasteiger partial charge in [-0.15, -0.1) is 0 Å². The van der Waals surface area contributed by atoms with Gasteiger partial charge in [-0.05, 0) is 0 Å². The Balaban J connectivity index is -0.00000000800. The molecule has 0 aliphatic carbocycles. The zero-order valence-corrected chi connectivity index (χ0v) is 7.49. The summed E-state index contributed by atoms with van der Waals surface area (Å²) < 4.78 is 8.88. The second-order valence-corrected chi connectivity index (χ2v) is 1.54. The molecule has 0 aromatic rings. The second-order valence-electron chi connectivity index (χ2n) is 0.513. The zero-order valence-electron chi connectivity index (χ0n) is 4.86. The van der Waals surface area contributed by atoms with Gasteiger partial charge in [0.05, 0.1) is 0 Å². The molecule has 0 heterocycles. The molecule has 0 aliphatic rings. The fourth-order valence-electron chi connectivity index (χ4n) is 0. The summed E-state index contributed by atoms with van der Waals surface area (Å²) in [4.78, 5) is 21.6. The van der Waals surface area contributed by atoms with Crippen LogP contribution in [0.25, 0.3) is 24.6 Å².